The van der Waals surface area contributed by atoms with E-state index in [-0.39, 0.29) is 11.5 Å². The van der Waals surface area contributed by atoms with Crippen LogP contribution in [0.3, 0.4) is 0 Å². The van der Waals surface area contributed by atoms with Gasteiger partial charge in [-0.25, -0.2) is 0 Å². The fourth-order valence-corrected chi connectivity index (χ4v) is 8.55. The van der Waals surface area contributed by atoms with Crippen molar-refractivity contribution in [1.82, 2.24) is 9.13 Å². The molecule has 0 aliphatic rings. The van der Waals surface area contributed by atoms with Gasteiger partial charge in [0.15, 0.2) is 0 Å². The Morgan fingerprint density at radius 3 is 1.19 bits per heavy atom. The number of phenolic OH excluding ortho intramolecular Hbond substituents is 2. The van der Waals surface area contributed by atoms with Gasteiger partial charge >= 0.3 is 0 Å². The van der Waals surface area contributed by atoms with Gasteiger partial charge in [-0.05, 0) is 128 Å². The van der Waals surface area contributed by atoms with Crippen LogP contribution in [-0.4, -0.2) is 19.3 Å². The first-order valence-electron chi connectivity index (χ1n) is 17.5. The van der Waals surface area contributed by atoms with E-state index in [1.165, 1.54) is 32.3 Å². The predicted molar refractivity (Wildman–Crippen MR) is 216 cm³/mol. The van der Waals surface area contributed by atoms with Gasteiger partial charge in [0.05, 0.1) is 22.1 Å². The molecule has 0 bridgehead atoms. The second-order valence-electron chi connectivity index (χ2n) is 13.7. The molecule has 0 atom stereocenters. The summed E-state index contributed by atoms with van der Waals surface area (Å²) in [4.78, 5) is 0. The van der Waals surface area contributed by atoms with Crippen molar-refractivity contribution >= 4 is 75.9 Å². The van der Waals surface area contributed by atoms with Crippen molar-refractivity contribution in [3.8, 4) is 34.0 Å². The van der Waals surface area contributed by atoms with Gasteiger partial charge in [-0.3, -0.25) is 0 Å². The SMILES string of the molecule is Oc1ccc2c(c1)c1cc(-c3ccc4c(c3)c3cc(O)ccc3n4-c3ccc4c5ccccc5c5ccccc5c4c3)ccc1n2-c1ccccc1. The van der Waals surface area contributed by atoms with E-state index in [9.17, 15) is 10.2 Å². The summed E-state index contributed by atoms with van der Waals surface area (Å²) in [6.07, 6.45) is 0. The van der Waals surface area contributed by atoms with Crippen LogP contribution in [0.4, 0.5) is 0 Å². The fourth-order valence-electron chi connectivity index (χ4n) is 8.55. The third-order valence-electron chi connectivity index (χ3n) is 10.8. The Morgan fingerprint density at radius 2 is 0.673 bits per heavy atom. The molecule has 4 nitrogen and oxygen atoms in total. The molecule has 0 aliphatic heterocycles. The van der Waals surface area contributed by atoms with E-state index in [0.717, 1.165) is 66.1 Å². The normalized spacial score (nSPS) is 12.0. The molecule has 0 amide bonds. The molecule has 11 rings (SSSR count). The maximum atomic E-state index is 10.7. The van der Waals surface area contributed by atoms with Gasteiger partial charge < -0.3 is 19.3 Å². The monoisotopic (exact) mass is 666 g/mol. The Labute approximate surface area is 298 Å². The molecule has 0 radical (unpaired) electrons. The smallest absolute Gasteiger partial charge is 0.116 e. The van der Waals surface area contributed by atoms with Crippen molar-refractivity contribution in [2.75, 3.05) is 0 Å². The standard InChI is InChI=1S/C48H30N2O2/c51-33-17-22-47-43(27-33)41-24-29(14-20-45(41)49(47)31-8-2-1-3-9-31)30-15-21-46-42(25-30)44-28-34(52)18-23-48(44)50(46)32-16-19-39-37-12-5-4-10-35(37)36-11-6-7-13-38(36)40(39)26-32/h1-28,51-52H. The average Bonchev–Trinajstić information content (AvgIpc) is 3.69. The number of aromatic hydroxyl groups is 2. The van der Waals surface area contributed by atoms with Crippen LogP contribution in [0.1, 0.15) is 0 Å². The van der Waals surface area contributed by atoms with E-state index < -0.39 is 0 Å². The summed E-state index contributed by atoms with van der Waals surface area (Å²) >= 11 is 0. The molecule has 244 valence electrons. The summed E-state index contributed by atoms with van der Waals surface area (Å²) in [5.74, 6) is 0.483. The van der Waals surface area contributed by atoms with Crippen LogP contribution in [0.15, 0.2) is 170 Å². The highest BCUT2D eigenvalue weighted by Crippen LogP contribution is 2.41. The molecule has 2 heterocycles. The fraction of sp³-hybridized carbons (Fsp3) is 0. The minimum Gasteiger partial charge on any atom is -0.508 e. The molecular formula is C48H30N2O2. The lowest BCUT2D eigenvalue weighted by Gasteiger charge is -2.14. The topological polar surface area (TPSA) is 50.3 Å². The van der Waals surface area contributed by atoms with Gasteiger partial charge in [-0.15, -0.1) is 0 Å². The Bertz CT molecular complexity index is 3230. The Kier molecular flexibility index (Phi) is 5.93. The highest BCUT2D eigenvalue weighted by molar-refractivity contribution is 6.25. The van der Waals surface area contributed by atoms with E-state index in [1.807, 2.05) is 42.5 Å². The largest absolute Gasteiger partial charge is 0.508 e. The summed E-state index contributed by atoms with van der Waals surface area (Å²) in [7, 11) is 0. The lowest BCUT2D eigenvalue weighted by molar-refractivity contribution is 0.475. The van der Waals surface area contributed by atoms with Gasteiger partial charge in [-0.1, -0.05) is 84.9 Å². The summed E-state index contributed by atoms with van der Waals surface area (Å²) < 4.78 is 4.57. The van der Waals surface area contributed by atoms with Crippen LogP contribution >= 0.6 is 0 Å². The second kappa shape index (κ2) is 10.7. The molecule has 2 N–H and O–H groups in total. The van der Waals surface area contributed by atoms with Crippen molar-refractivity contribution in [1.29, 1.82) is 0 Å². The molecule has 0 saturated carbocycles. The van der Waals surface area contributed by atoms with E-state index in [0.29, 0.717) is 0 Å². The summed E-state index contributed by atoms with van der Waals surface area (Å²) in [6, 6.07) is 58.9. The average molecular weight is 667 g/mol. The molecule has 9 aromatic carbocycles. The number of aromatic nitrogens is 2. The molecule has 0 spiro atoms. The third-order valence-corrected chi connectivity index (χ3v) is 10.8. The van der Waals surface area contributed by atoms with Crippen LogP contribution in [0.25, 0.3) is 98.4 Å². The predicted octanol–water partition coefficient (Wildman–Crippen LogP) is 12.4. The first-order valence-corrected chi connectivity index (χ1v) is 17.5. The summed E-state index contributed by atoms with van der Waals surface area (Å²) in [5.41, 5.74) is 8.53. The molecule has 0 fully saturated rings. The Hall–Kier alpha value is -7.04. The molecule has 0 aliphatic carbocycles. The van der Waals surface area contributed by atoms with Crippen molar-refractivity contribution in [2.45, 2.75) is 0 Å². The van der Waals surface area contributed by atoms with Gasteiger partial charge in [0.1, 0.15) is 11.5 Å². The maximum Gasteiger partial charge on any atom is 0.116 e. The second-order valence-corrected chi connectivity index (χ2v) is 13.7. The highest BCUT2D eigenvalue weighted by atomic mass is 16.3. The number of fused-ring (bicyclic) bond motifs is 12. The van der Waals surface area contributed by atoms with Crippen LogP contribution in [0.2, 0.25) is 0 Å². The van der Waals surface area contributed by atoms with Crippen molar-refractivity contribution in [2.24, 2.45) is 0 Å². The molecule has 0 saturated heterocycles. The number of para-hydroxylation sites is 1. The number of rotatable bonds is 3. The van der Waals surface area contributed by atoms with Gasteiger partial charge in [0.2, 0.25) is 0 Å². The number of benzene rings is 9. The van der Waals surface area contributed by atoms with Crippen LogP contribution in [-0.2, 0) is 0 Å². The lowest BCUT2D eigenvalue weighted by Crippen LogP contribution is -1.94. The third kappa shape index (κ3) is 4.09. The zero-order valence-electron chi connectivity index (χ0n) is 28.0. The van der Waals surface area contributed by atoms with Crippen LogP contribution in [0.5, 0.6) is 11.5 Å². The van der Waals surface area contributed by atoms with E-state index >= 15 is 0 Å². The van der Waals surface area contributed by atoms with E-state index in [4.69, 9.17) is 0 Å². The molecular weight excluding hydrogens is 637 g/mol. The molecule has 11 aromatic rings. The highest BCUT2D eigenvalue weighted by Gasteiger charge is 2.18. The van der Waals surface area contributed by atoms with Crippen LogP contribution in [0, 0.1) is 0 Å². The first-order chi connectivity index (χ1) is 25.6. The first kappa shape index (κ1) is 28.8. The Balaban J connectivity index is 1.13. The molecule has 52 heavy (non-hydrogen) atoms. The lowest BCUT2D eigenvalue weighted by atomic mass is 9.94. The molecule has 4 heteroatoms. The number of phenols is 2. The van der Waals surface area contributed by atoms with Crippen molar-refractivity contribution in [3.63, 3.8) is 0 Å². The van der Waals surface area contributed by atoms with Crippen molar-refractivity contribution in [3.05, 3.63) is 170 Å². The quantitative estimate of drug-likeness (QED) is 0.184. The van der Waals surface area contributed by atoms with Gasteiger partial charge in [-0.2, -0.15) is 0 Å². The molecule has 0 unspecified atom stereocenters. The van der Waals surface area contributed by atoms with E-state index in [2.05, 4.69) is 124 Å². The number of hydrogen-bond donors (Lipinski definition) is 2. The van der Waals surface area contributed by atoms with Gasteiger partial charge in [0.25, 0.3) is 0 Å². The minimum absolute atomic E-state index is 0.239. The summed E-state index contributed by atoms with van der Waals surface area (Å²) in [6.45, 7) is 0. The van der Waals surface area contributed by atoms with Crippen LogP contribution < -0.4 is 0 Å². The zero-order chi connectivity index (χ0) is 34.5. The number of hydrogen-bond acceptors (Lipinski definition) is 2. The Morgan fingerprint density at radius 1 is 0.269 bits per heavy atom. The van der Waals surface area contributed by atoms with E-state index in [1.54, 1.807) is 12.1 Å². The zero-order valence-corrected chi connectivity index (χ0v) is 28.0. The molecule has 2 aromatic heterocycles. The van der Waals surface area contributed by atoms with Gasteiger partial charge in [0, 0.05) is 32.9 Å². The van der Waals surface area contributed by atoms with Crippen molar-refractivity contribution < 1.29 is 10.2 Å². The maximum absolute atomic E-state index is 10.7. The summed E-state index contributed by atoms with van der Waals surface area (Å²) in [5, 5.41) is 32.8. The number of nitrogens with zero attached hydrogens (tertiary/aromatic N) is 2. The minimum atomic E-state index is 0.239.